The molecule has 0 spiro atoms. The number of nitrogens with two attached hydrogens (primary N) is 1. The van der Waals surface area contributed by atoms with E-state index in [-0.39, 0.29) is 12.3 Å². The predicted molar refractivity (Wildman–Crippen MR) is 48.9 cm³/mol. The van der Waals surface area contributed by atoms with Crippen LogP contribution < -0.4 is 5.73 Å². The molecular weight excluding hydrogens is 164 g/mol. The maximum absolute atomic E-state index is 10.9. The smallest absolute Gasteiger partial charge is 0.150 e. The fraction of sp³-hybridized carbons (Fsp3) is 0.200. The highest BCUT2D eigenvalue weighted by molar-refractivity contribution is 5.82. The van der Waals surface area contributed by atoms with Crippen LogP contribution in [-0.2, 0) is 11.2 Å². The summed E-state index contributed by atoms with van der Waals surface area (Å²) in [6.07, 6.45) is 0.349. The number of hydrogen-bond acceptors (Lipinski definition) is 3. The van der Waals surface area contributed by atoms with Gasteiger partial charge in [0, 0.05) is 6.42 Å². The van der Waals surface area contributed by atoms with E-state index in [4.69, 9.17) is 11.0 Å². The molecule has 1 rings (SSSR count). The van der Waals surface area contributed by atoms with Crippen molar-refractivity contribution in [2.45, 2.75) is 6.42 Å². The quantitative estimate of drug-likeness (QED) is 0.730. The van der Waals surface area contributed by atoms with E-state index in [1.165, 1.54) is 0 Å². The van der Waals surface area contributed by atoms with Crippen LogP contribution in [0.4, 0.5) is 0 Å². The van der Waals surface area contributed by atoms with E-state index in [2.05, 4.69) is 0 Å². The van der Waals surface area contributed by atoms with E-state index < -0.39 is 0 Å². The Balaban J connectivity index is 2.71. The molecule has 0 fully saturated rings. The normalized spacial score (nSPS) is 9.23. The average molecular weight is 174 g/mol. The van der Waals surface area contributed by atoms with Gasteiger partial charge in [-0.05, 0) is 17.7 Å². The highest BCUT2D eigenvalue weighted by Gasteiger charge is 2.00. The fourth-order valence-electron chi connectivity index (χ4n) is 0.997. The number of ketones is 1. The minimum atomic E-state index is 0.00436. The zero-order valence-corrected chi connectivity index (χ0v) is 7.16. The molecule has 3 nitrogen and oxygen atoms in total. The standard InChI is InChI=1S/C10H10N2O/c11-6-9-3-1-8(2-4-9)5-10(13)7-12/h1-4H,5,7,12H2. The summed E-state index contributed by atoms with van der Waals surface area (Å²) < 4.78 is 0. The summed E-state index contributed by atoms with van der Waals surface area (Å²) in [5.74, 6) is 0.00436. The molecule has 0 saturated heterocycles. The van der Waals surface area contributed by atoms with Gasteiger partial charge in [0.2, 0.25) is 0 Å². The second kappa shape index (κ2) is 4.39. The summed E-state index contributed by atoms with van der Waals surface area (Å²) in [5.41, 5.74) is 6.67. The third-order valence-electron chi connectivity index (χ3n) is 1.71. The zero-order chi connectivity index (χ0) is 9.68. The van der Waals surface area contributed by atoms with Gasteiger partial charge in [0.05, 0.1) is 18.2 Å². The lowest BCUT2D eigenvalue weighted by Gasteiger charge is -1.97. The molecule has 0 heterocycles. The Labute approximate surface area is 76.8 Å². The lowest BCUT2D eigenvalue weighted by atomic mass is 10.1. The first-order chi connectivity index (χ1) is 6.26. The average Bonchev–Trinajstić information content (AvgIpc) is 2.19. The summed E-state index contributed by atoms with van der Waals surface area (Å²) in [6, 6.07) is 8.94. The lowest BCUT2D eigenvalue weighted by Crippen LogP contribution is -2.15. The second-order valence-electron chi connectivity index (χ2n) is 2.73. The Hall–Kier alpha value is -1.66. The molecule has 1 aromatic carbocycles. The van der Waals surface area contributed by atoms with E-state index in [0.717, 1.165) is 5.56 Å². The summed E-state index contributed by atoms with van der Waals surface area (Å²) in [6.45, 7) is 0.0694. The van der Waals surface area contributed by atoms with Gasteiger partial charge in [0.15, 0.2) is 5.78 Å². The van der Waals surface area contributed by atoms with E-state index >= 15 is 0 Å². The summed E-state index contributed by atoms with van der Waals surface area (Å²) in [4.78, 5) is 10.9. The first kappa shape index (κ1) is 9.43. The molecule has 0 radical (unpaired) electrons. The fourth-order valence-corrected chi connectivity index (χ4v) is 0.997. The van der Waals surface area contributed by atoms with Crippen molar-refractivity contribution < 1.29 is 4.79 Å². The van der Waals surface area contributed by atoms with Crippen molar-refractivity contribution in [2.75, 3.05) is 6.54 Å². The Morgan fingerprint density at radius 3 is 2.46 bits per heavy atom. The maximum atomic E-state index is 10.9. The molecule has 0 aromatic heterocycles. The van der Waals surface area contributed by atoms with E-state index in [1.54, 1.807) is 24.3 Å². The number of hydrogen-bond donors (Lipinski definition) is 1. The molecule has 0 bridgehead atoms. The van der Waals surface area contributed by atoms with Crippen LogP contribution in [0.25, 0.3) is 0 Å². The van der Waals surface area contributed by atoms with Crippen LogP contribution in [0.15, 0.2) is 24.3 Å². The molecular formula is C10H10N2O. The molecule has 1 aromatic rings. The van der Waals surface area contributed by atoms with Crippen LogP contribution >= 0.6 is 0 Å². The van der Waals surface area contributed by atoms with Gasteiger partial charge in [-0.3, -0.25) is 4.79 Å². The minimum absolute atomic E-state index is 0.00436. The molecule has 2 N–H and O–H groups in total. The third kappa shape index (κ3) is 2.69. The third-order valence-corrected chi connectivity index (χ3v) is 1.71. The summed E-state index contributed by atoms with van der Waals surface area (Å²) in [7, 11) is 0. The van der Waals surface area contributed by atoms with Gasteiger partial charge in [-0.2, -0.15) is 5.26 Å². The van der Waals surface area contributed by atoms with E-state index in [1.807, 2.05) is 6.07 Å². The van der Waals surface area contributed by atoms with E-state index in [0.29, 0.717) is 12.0 Å². The van der Waals surface area contributed by atoms with Crippen molar-refractivity contribution >= 4 is 5.78 Å². The van der Waals surface area contributed by atoms with Gasteiger partial charge in [-0.15, -0.1) is 0 Å². The van der Waals surface area contributed by atoms with Crippen molar-refractivity contribution in [3.63, 3.8) is 0 Å². The lowest BCUT2D eigenvalue weighted by molar-refractivity contribution is -0.117. The zero-order valence-electron chi connectivity index (χ0n) is 7.16. The van der Waals surface area contributed by atoms with Crippen LogP contribution in [0.2, 0.25) is 0 Å². The van der Waals surface area contributed by atoms with Gasteiger partial charge in [-0.25, -0.2) is 0 Å². The second-order valence-corrected chi connectivity index (χ2v) is 2.73. The minimum Gasteiger partial charge on any atom is -0.324 e. The molecule has 0 amide bonds. The molecule has 0 saturated carbocycles. The molecule has 0 aliphatic carbocycles. The number of carbonyl (C=O) groups excluding carboxylic acids is 1. The highest BCUT2D eigenvalue weighted by Crippen LogP contribution is 2.03. The van der Waals surface area contributed by atoms with Crippen molar-refractivity contribution in [3.8, 4) is 6.07 Å². The molecule has 0 aliphatic heterocycles. The summed E-state index contributed by atoms with van der Waals surface area (Å²) >= 11 is 0. The monoisotopic (exact) mass is 174 g/mol. The Morgan fingerprint density at radius 1 is 1.38 bits per heavy atom. The molecule has 13 heavy (non-hydrogen) atoms. The van der Waals surface area contributed by atoms with Crippen molar-refractivity contribution in [3.05, 3.63) is 35.4 Å². The molecule has 0 aliphatic rings. The number of Topliss-reactive ketones (excluding diaryl/α,β-unsaturated/α-hetero) is 1. The van der Waals surface area contributed by atoms with Crippen molar-refractivity contribution in [1.82, 2.24) is 0 Å². The summed E-state index contributed by atoms with van der Waals surface area (Å²) in [5, 5.41) is 8.52. The maximum Gasteiger partial charge on any atom is 0.150 e. The molecule has 0 atom stereocenters. The Kier molecular flexibility index (Phi) is 3.18. The molecule has 3 heteroatoms. The Bertz CT molecular complexity index is 335. The van der Waals surface area contributed by atoms with Crippen LogP contribution in [0.1, 0.15) is 11.1 Å². The van der Waals surface area contributed by atoms with Crippen LogP contribution in [0, 0.1) is 11.3 Å². The largest absolute Gasteiger partial charge is 0.324 e. The van der Waals surface area contributed by atoms with Gasteiger partial charge in [0.1, 0.15) is 0 Å². The van der Waals surface area contributed by atoms with Crippen molar-refractivity contribution in [1.29, 1.82) is 5.26 Å². The van der Waals surface area contributed by atoms with Gasteiger partial charge < -0.3 is 5.73 Å². The van der Waals surface area contributed by atoms with Crippen LogP contribution in [-0.4, -0.2) is 12.3 Å². The number of rotatable bonds is 3. The number of nitriles is 1. The van der Waals surface area contributed by atoms with Crippen LogP contribution in [0.3, 0.4) is 0 Å². The molecule has 0 unspecified atom stereocenters. The Morgan fingerprint density at radius 2 is 2.00 bits per heavy atom. The first-order valence-corrected chi connectivity index (χ1v) is 3.97. The first-order valence-electron chi connectivity index (χ1n) is 3.97. The SMILES string of the molecule is N#Cc1ccc(CC(=O)CN)cc1. The van der Waals surface area contributed by atoms with E-state index in [9.17, 15) is 4.79 Å². The highest BCUT2D eigenvalue weighted by atomic mass is 16.1. The van der Waals surface area contributed by atoms with Gasteiger partial charge in [0.25, 0.3) is 0 Å². The topological polar surface area (TPSA) is 66.9 Å². The number of nitrogens with zero attached hydrogens (tertiary/aromatic N) is 1. The molecule has 66 valence electrons. The number of benzene rings is 1. The van der Waals surface area contributed by atoms with Crippen LogP contribution in [0.5, 0.6) is 0 Å². The van der Waals surface area contributed by atoms with Gasteiger partial charge in [-0.1, -0.05) is 12.1 Å². The number of carbonyl (C=O) groups is 1. The van der Waals surface area contributed by atoms with Crippen molar-refractivity contribution in [2.24, 2.45) is 5.73 Å². The predicted octanol–water partition coefficient (Wildman–Crippen LogP) is 0.629. The van der Waals surface area contributed by atoms with Gasteiger partial charge >= 0.3 is 0 Å².